The molecule has 0 aliphatic carbocycles. The minimum absolute atomic E-state index is 0.0844. The summed E-state index contributed by atoms with van der Waals surface area (Å²) in [6.07, 6.45) is 55.0. The molecule has 1 fully saturated rings. The van der Waals surface area contributed by atoms with Gasteiger partial charge in [0.1, 0.15) is 24.4 Å². The summed E-state index contributed by atoms with van der Waals surface area (Å²) in [5, 5.41) is 56.9. The Bertz CT molecular complexity index is 1390. The number of esters is 1. The number of allylic oxidation sites excluding steroid dienone is 4. The van der Waals surface area contributed by atoms with Crippen LogP contribution in [0.1, 0.15) is 310 Å². The molecule has 0 spiro atoms. The Balaban J connectivity index is 2.61. The van der Waals surface area contributed by atoms with Gasteiger partial charge in [0.05, 0.1) is 25.4 Å². The zero-order valence-corrected chi connectivity index (χ0v) is 50.1. The minimum atomic E-state index is -1.62. The summed E-state index contributed by atoms with van der Waals surface area (Å²) in [5.74, 6) is -1.25. The Morgan fingerprint density at radius 2 is 0.896 bits per heavy atom. The third-order valence-corrected chi connectivity index (χ3v) is 15.6. The first-order valence-corrected chi connectivity index (χ1v) is 32.8. The topological polar surface area (TPSA) is 175 Å². The average Bonchev–Trinajstić information content (AvgIpc) is 3.43. The Kier molecular flexibility index (Phi) is 51.6. The number of hydrogen-bond donors (Lipinski definition) is 6. The van der Waals surface area contributed by atoms with E-state index >= 15 is 0 Å². The molecule has 11 nitrogen and oxygen atoms in total. The largest absolute Gasteiger partial charge is 0.454 e. The van der Waals surface area contributed by atoms with Crippen LogP contribution in [0.15, 0.2) is 36.5 Å². The molecule has 0 aromatic carbocycles. The summed E-state index contributed by atoms with van der Waals surface area (Å²) in [5.41, 5.74) is 0. The first-order valence-electron chi connectivity index (χ1n) is 32.8. The smallest absolute Gasteiger partial charge is 0.306 e. The van der Waals surface area contributed by atoms with Crippen LogP contribution in [0.2, 0.25) is 0 Å². The Morgan fingerprint density at radius 1 is 0.506 bits per heavy atom. The third kappa shape index (κ3) is 42.4. The number of hydrogen-bond acceptors (Lipinski definition) is 10. The van der Waals surface area contributed by atoms with E-state index in [4.69, 9.17) is 14.2 Å². The van der Waals surface area contributed by atoms with Crippen molar-refractivity contribution in [2.75, 3.05) is 13.2 Å². The van der Waals surface area contributed by atoms with E-state index in [0.717, 1.165) is 44.9 Å². The normalized spacial score (nSPS) is 19.2. The molecule has 1 saturated heterocycles. The zero-order valence-electron chi connectivity index (χ0n) is 50.1. The van der Waals surface area contributed by atoms with Crippen LogP contribution in [0.3, 0.4) is 0 Å². The van der Waals surface area contributed by atoms with Gasteiger partial charge in [-0.1, -0.05) is 295 Å². The molecule has 452 valence electrons. The number of amides is 1. The van der Waals surface area contributed by atoms with E-state index in [-0.39, 0.29) is 19.4 Å². The van der Waals surface area contributed by atoms with Crippen molar-refractivity contribution in [3.8, 4) is 0 Å². The SMILES string of the molecule is CCCCCCCC/C=C\C/C=C/CC(O)C(=O)NC(COC1OC(CO)C(O)C(O)C1OC(=O)CCCCCCCCCCCCCCCCCCCCCCCCC)C(O)/C=C/CCCCCCCCCCCCC. The van der Waals surface area contributed by atoms with Gasteiger partial charge in [-0.25, -0.2) is 0 Å². The predicted molar refractivity (Wildman–Crippen MR) is 320 cm³/mol. The van der Waals surface area contributed by atoms with Crippen molar-refractivity contribution >= 4 is 11.9 Å². The molecular formula is C66H123NO10. The molecule has 0 saturated carbocycles. The molecule has 1 aliphatic rings. The van der Waals surface area contributed by atoms with Gasteiger partial charge >= 0.3 is 5.97 Å². The van der Waals surface area contributed by atoms with Crippen molar-refractivity contribution in [2.45, 2.75) is 359 Å². The van der Waals surface area contributed by atoms with Crippen molar-refractivity contribution in [3.05, 3.63) is 36.5 Å². The van der Waals surface area contributed by atoms with Gasteiger partial charge < -0.3 is 45.1 Å². The van der Waals surface area contributed by atoms with Gasteiger partial charge in [0, 0.05) is 12.8 Å². The molecule has 1 amide bonds. The number of aliphatic hydroxyl groups is 5. The van der Waals surface area contributed by atoms with Crippen molar-refractivity contribution in [1.29, 1.82) is 0 Å². The van der Waals surface area contributed by atoms with Crippen LogP contribution < -0.4 is 5.32 Å². The molecule has 6 N–H and O–H groups in total. The summed E-state index contributed by atoms with van der Waals surface area (Å²) in [7, 11) is 0. The van der Waals surface area contributed by atoms with Crippen molar-refractivity contribution in [1.82, 2.24) is 5.32 Å². The van der Waals surface area contributed by atoms with Gasteiger partial charge in [0.15, 0.2) is 12.4 Å². The van der Waals surface area contributed by atoms with Gasteiger partial charge in [-0.15, -0.1) is 0 Å². The van der Waals surface area contributed by atoms with Crippen LogP contribution in [0, 0.1) is 0 Å². The fourth-order valence-electron chi connectivity index (χ4n) is 10.3. The average molecular weight is 1090 g/mol. The molecule has 8 atom stereocenters. The minimum Gasteiger partial charge on any atom is -0.454 e. The number of aliphatic hydroxyl groups excluding tert-OH is 5. The standard InChI is InChI=1S/C66H123NO10/c1-4-7-10-13-16-19-22-25-26-27-28-29-30-31-32-33-34-36-39-42-45-48-51-54-61(71)77-64-63(73)62(72)60(55-68)76-66(64)75-56-57(58(69)52-49-46-43-40-38-35-23-20-17-14-11-8-5-2)67-65(74)59(70)53-50-47-44-41-37-24-21-18-15-12-9-6-3/h37,41,47,49-50,52,57-60,62-64,66,68-70,72-73H,4-36,38-40,42-46,48,51,53-56H2,1-3H3,(H,67,74)/b41-37-,50-47+,52-49+. The first kappa shape index (κ1) is 72.9. The highest BCUT2D eigenvalue weighted by molar-refractivity contribution is 5.81. The van der Waals surface area contributed by atoms with Crippen LogP contribution in [0.25, 0.3) is 0 Å². The quantitative estimate of drug-likeness (QED) is 0.0195. The second-order valence-electron chi connectivity index (χ2n) is 22.9. The number of ether oxygens (including phenoxy) is 3. The maximum Gasteiger partial charge on any atom is 0.306 e. The number of carbonyl (C=O) groups excluding carboxylic acids is 2. The van der Waals surface area contributed by atoms with Crippen LogP contribution in [0.5, 0.6) is 0 Å². The van der Waals surface area contributed by atoms with Crippen LogP contribution in [-0.2, 0) is 23.8 Å². The summed E-state index contributed by atoms with van der Waals surface area (Å²) < 4.78 is 17.6. The van der Waals surface area contributed by atoms with Gasteiger partial charge in [-0.05, 0) is 38.5 Å². The van der Waals surface area contributed by atoms with E-state index in [2.05, 4.69) is 38.2 Å². The van der Waals surface area contributed by atoms with Crippen molar-refractivity contribution < 1.29 is 49.3 Å². The van der Waals surface area contributed by atoms with Crippen LogP contribution >= 0.6 is 0 Å². The zero-order chi connectivity index (χ0) is 56.1. The molecule has 11 heteroatoms. The molecular weight excluding hydrogens is 967 g/mol. The Hall–Kier alpha value is -2.12. The second kappa shape index (κ2) is 54.5. The summed E-state index contributed by atoms with van der Waals surface area (Å²) in [4.78, 5) is 26.5. The lowest BCUT2D eigenvalue weighted by atomic mass is 9.99. The fourth-order valence-corrected chi connectivity index (χ4v) is 10.3. The fraction of sp³-hybridized carbons (Fsp3) is 0.879. The molecule has 0 radical (unpaired) electrons. The molecule has 0 aromatic heterocycles. The number of nitrogens with one attached hydrogen (secondary N) is 1. The lowest BCUT2D eigenvalue weighted by molar-refractivity contribution is -0.305. The third-order valence-electron chi connectivity index (χ3n) is 15.6. The lowest BCUT2D eigenvalue weighted by Crippen LogP contribution is -2.61. The van der Waals surface area contributed by atoms with Gasteiger partial charge in [0.2, 0.25) is 5.91 Å². The Labute approximate surface area is 473 Å². The highest BCUT2D eigenvalue weighted by atomic mass is 16.7. The van der Waals surface area contributed by atoms with E-state index in [0.29, 0.717) is 12.8 Å². The van der Waals surface area contributed by atoms with Crippen LogP contribution in [-0.4, -0.2) is 99.6 Å². The molecule has 8 unspecified atom stereocenters. The molecule has 77 heavy (non-hydrogen) atoms. The number of carbonyl (C=O) groups is 2. The molecule has 1 rings (SSSR count). The van der Waals surface area contributed by atoms with Crippen molar-refractivity contribution in [3.63, 3.8) is 0 Å². The van der Waals surface area contributed by atoms with E-state index < -0.39 is 67.4 Å². The molecule has 1 aliphatic heterocycles. The highest BCUT2D eigenvalue weighted by Crippen LogP contribution is 2.26. The second-order valence-corrected chi connectivity index (χ2v) is 22.9. The van der Waals surface area contributed by atoms with Gasteiger partial charge in [0.25, 0.3) is 0 Å². The van der Waals surface area contributed by atoms with E-state index in [1.807, 2.05) is 12.2 Å². The first-order chi connectivity index (χ1) is 37.7. The van der Waals surface area contributed by atoms with E-state index in [1.165, 1.54) is 218 Å². The Morgan fingerprint density at radius 3 is 1.32 bits per heavy atom. The van der Waals surface area contributed by atoms with E-state index in [1.54, 1.807) is 12.2 Å². The maximum atomic E-state index is 13.4. The molecule has 0 aromatic rings. The van der Waals surface area contributed by atoms with Gasteiger partial charge in [-0.3, -0.25) is 9.59 Å². The summed E-state index contributed by atoms with van der Waals surface area (Å²) in [6.45, 7) is 5.77. The predicted octanol–water partition coefficient (Wildman–Crippen LogP) is 15.8. The maximum absolute atomic E-state index is 13.4. The molecule has 0 bridgehead atoms. The summed E-state index contributed by atoms with van der Waals surface area (Å²) >= 11 is 0. The monoisotopic (exact) mass is 1090 g/mol. The summed E-state index contributed by atoms with van der Waals surface area (Å²) in [6, 6.07) is -1.05. The van der Waals surface area contributed by atoms with E-state index in [9.17, 15) is 35.1 Å². The van der Waals surface area contributed by atoms with Gasteiger partial charge in [-0.2, -0.15) is 0 Å². The molecule has 1 heterocycles. The number of rotatable bonds is 56. The highest BCUT2D eigenvalue weighted by Gasteiger charge is 2.47. The van der Waals surface area contributed by atoms with Crippen molar-refractivity contribution in [2.24, 2.45) is 0 Å². The lowest BCUT2D eigenvalue weighted by Gasteiger charge is -2.41. The van der Waals surface area contributed by atoms with Crippen LogP contribution in [0.4, 0.5) is 0 Å². The number of unbranched alkanes of at least 4 members (excludes halogenated alkanes) is 39.